The number of anilines is 1. The van der Waals surface area contributed by atoms with Crippen LogP contribution in [0.4, 0.5) is 5.69 Å². The van der Waals surface area contributed by atoms with Crippen LogP contribution in [0.2, 0.25) is 5.02 Å². The Morgan fingerprint density at radius 2 is 1.85 bits per heavy atom. The normalized spacial score (nSPS) is 13.5. The number of nitrogens with one attached hydrogen (secondary N) is 2. The molecule has 0 bridgehead atoms. The second-order valence-corrected chi connectivity index (χ2v) is 4.88. The van der Waals surface area contributed by atoms with Crippen LogP contribution in [-0.4, -0.2) is 33.2 Å². The van der Waals surface area contributed by atoms with Crippen LogP contribution >= 0.6 is 11.6 Å². The molecule has 1 heterocycles. The molecule has 1 amide bonds. The summed E-state index contributed by atoms with van der Waals surface area (Å²) in [7, 11) is 3.06. The summed E-state index contributed by atoms with van der Waals surface area (Å²) in [6.45, 7) is 3.33. The number of carbonyl (C=O) groups excluding carboxylic acids is 1. The number of carbonyl (C=O) groups is 1. The van der Waals surface area contributed by atoms with Gasteiger partial charge in [0.1, 0.15) is 0 Å². The predicted octanol–water partition coefficient (Wildman–Crippen LogP) is 2.22. The van der Waals surface area contributed by atoms with E-state index in [4.69, 9.17) is 21.1 Å². The average molecular weight is 297 g/mol. The summed E-state index contributed by atoms with van der Waals surface area (Å²) >= 11 is 6.13. The van der Waals surface area contributed by atoms with Gasteiger partial charge in [0.15, 0.2) is 11.5 Å². The molecule has 6 heteroatoms. The molecular weight excluding hydrogens is 280 g/mol. The van der Waals surface area contributed by atoms with E-state index in [9.17, 15) is 4.79 Å². The minimum absolute atomic E-state index is 0.157. The van der Waals surface area contributed by atoms with Gasteiger partial charge in [-0.15, -0.1) is 0 Å². The second-order valence-electron chi connectivity index (χ2n) is 4.47. The summed E-state index contributed by atoms with van der Waals surface area (Å²) in [6, 6.07) is 3.26. The molecule has 0 aliphatic carbocycles. The van der Waals surface area contributed by atoms with Crippen molar-refractivity contribution < 1.29 is 14.3 Å². The Hall–Kier alpha value is -1.72. The minimum Gasteiger partial charge on any atom is -0.493 e. The van der Waals surface area contributed by atoms with E-state index in [1.54, 1.807) is 19.1 Å². The van der Waals surface area contributed by atoms with Crippen molar-refractivity contribution in [1.82, 2.24) is 5.32 Å². The van der Waals surface area contributed by atoms with Crippen LogP contribution in [0.5, 0.6) is 11.5 Å². The van der Waals surface area contributed by atoms with Crippen LogP contribution in [-0.2, 0) is 4.79 Å². The highest BCUT2D eigenvalue weighted by molar-refractivity contribution is 6.34. The lowest BCUT2D eigenvalue weighted by atomic mass is 10.0. The van der Waals surface area contributed by atoms with E-state index in [1.807, 2.05) is 0 Å². The first-order valence-electron chi connectivity index (χ1n) is 6.19. The van der Waals surface area contributed by atoms with E-state index in [0.29, 0.717) is 22.2 Å². The lowest BCUT2D eigenvalue weighted by Crippen LogP contribution is -2.36. The largest absolute Gasteiger partial charge is 0.493 e. The molecule has 1 aromatic carbocycles. The topological polar surface area (TPSA) is 59.6 Å². The van der Waals surface area contributed by atoms with E-state index >= 15 is 0 Å². The number of rotatable bonds is 4. The first-order chi connectivity index (χ1) is 9.56. The fraction of sp³-hybridized carbons (Fsp3) is 0.357. The van der Waals surface area contributed by atoms with Gasteiger partial charge in [-0.25, -0.2) is 0 Å². The van der Waals surface area contributed by atoms with Crippen LogP contribution in [0.25, 0.3) is 0 Å². The number of hydrogen-bond acceptors (Lipinski definition) is 4. The Morgan fingerprint density at radius 3 is 2.35 bits per heavy atom. The number of benzene rings is 1. The molecule has 0 unspecified atom stereocenters. The molecule has 5 nitrogen and oxygen atoms in total. The van der Waals surface area contributed by atoms with Gasteiger partial charge in [-0.1, -0.05) is 11.6 Å². The smallest absolute Gasteiger partial charge is 0.251 e. The van der Waals surface area contributed by atoms with E-state index < -0.39 is 0 Å². The van der Waals surface area contributed by atoms with Gasteiger partial charge in [-0.3, -0.25) is 4.79 Å². The highest BCUT2D eigenvalue weighted by Crippen LogP contribution is 2.36. The molecule has 20 heavy (non-hydrogen) atoms. The van der Waals surface area contributed by atoms with Crippen molar-refractivity contribution in [2.24, 2.45) is 0 Å². The first kappa shape index (κ1) is 14.7. The zero-order valence-corrected chi connectivity index (χ0v) is 12.4. The summed E-state index contributed by atoms with van der Waals surface area (Å²) in [6.07, 6.45) is 0. The van der Waals surface area contributed by atoms with E-state index in [1.165, 1.54) is 14.2 Å². The zero-order valence-electron chi connectivity index (χ0n) is 11.7. The van der Waals surface area contributed by atoms with Gasteiger partial charge in [-0.2, -0.15) is 0 Å². The monoisotopic (exact) mass is 296 g/mol. The van der Waals surface area contributed by atoms with Gasteiger partial charge < -0.3 is 20.1 Å². The highest BCUT2D eigenvalue weighted by atomic mass is 35.5. The highest BCUT2D eigenvalue weighted by Gasteiger charge is 2.18. The molecule has 1 aliphatic rings. The Labute approximate surface area is 122 Å². The van der Waals surface area contributed by atoms with Crippen LogP contribution in [0.1, 0.15) is 6.92 Å². The summed E-state index contributed by atoms with van der Waals surface area (Å²) in [4.78, 5) is 12.1. The maximum atomic E-state index is 12.1. The summed E-state index contributed by atoms with van der Waals surface area (Å²) in [5.41, 5.74) is 2.33. The van der Waals surface area contributed by atoms with Crippen molar-refractivity contribution in [3.63, 3.8) is 0 Å². The van der Waals surface area contributed by atoms with E-state index in [-0.39, 0.29) is 5.91 Å². The molecule has 1 saturated heterocycles. The number of amides is 1. The van der Waals surface area contributed by atoms with Gasteiger partial charge >= 0.3 is 0 Å². The van der Waals surface area contributed by atoms with Crippen LogP contribution in [0.15, 0.2) is 23.3 Å². The summed E-state index contributed by atoms with van der Waals surface area (Å²) in [5, 5.41) is 6.30. The lowest BCUT2D eigenvalue weighted by molar-refractivity contribution is -0.112. The maximum absolute atomic E-state index is 12.1. The maximum Gasteiger partial charge on any atom is 0.251 e. The van der Waals surface area contributed by atoms with Crippen molar-refractivity contribution in [2.45, 2.75) is 6.92 Å². The van der Waals surface area contributed by atoms with Crippen molar-refractivity contribution in [3.05, 3.63) is 28.3 Å². The fourth-order valence-corrected chi connectivity index (χ4v) is 2.04. The molecule has 0 atom stereocenters. The second kappa shape index (κ2) is 6.15. The minimum atomic E-state index is -0.157. The Kier molecular flexibility index (Phi) is 4.52. The molecule has 1 aliphatic heterocycles. The number of ether oxygens (including phenoxy) is 2. The Morgan fingerprint density at radius 1 is 1.25 bits per heavy atom. The van der Waals surface area contributed by atoms with Crippen LogP contribution < -0.4 is 20.1 Å². The first-order valence-corrected chi connectivity index (χ1v) is 6.56. The van der Waals surface area contributed by atoms with Crippen molar-refractivity contribution in [3.8, 4) is 11.5 Å². The van der Waals surface area contributed by atoms with Gasteiger partial charge in [0, 0.05) is 30.8 Å². The Balaban J connectivity index is 2.23. The van der Waals surface area contributed by atoms with Crippen molar-refractivity contribution >= 4 is 23.2 Å². The number of methoxy groups -OCH3 is 2. The third-order valence-electron chi connectivity index (χ3n) is 3.27. The molecule has 2 rings (SSSR count). The standard InChI is InChI=1S/C14H17ClN2O3/c1-8(9-6-16-7-9)14(18)17-11-5-13(20-3)12(19-2)4-10(11)15/h4-5,16H,6-7H2,1-3H3,(H,17,18). The summed E-state index contributed by atoms with van der Waals surface area (Å²) in [5.74, 6) is 0.882. The molecule has 0 spiro atoms. The van der Waals surface area contributed by atoms with Gasteiger partial charge in [0.2, 0.25) is 0 Å². The SMILES string of the molecule is COc1cc(Cl)c(NC(=O)C(C)=C2CNC2)cc1OC. The van der Waals surface area contributed by atoms with Crippen molar-refractivity contribution in [1.29, 1.82) is 0 Å². The third kappa shape index (κ3) is 2.89. The van der Waals surface area contributed by atoms with E-state index in [2.05, 4.69) is 10.6 Å². The van der Waals surface area contributed by atoms with Crippen LogP contribution in [0.3, 0.4) is 0 Å². The van der Waals surface area contributed by atoms with Gasteiger partial charge in [0.05, 0.1) is 24.9 Å². The molecule has 0 aromatic heterocycles. The van der Waals surface area contributed by atoms with Crippen LogP contribution in [0, 0.1) is 0 Å². The molecule has 108 valence electrons. The Bertz CT molecular complexity index is 564. The molecule has 1 aromatic rings. The van der Waals surface area contributed by atoms with Gasteiger partial charge in [0.25, 0.3) is 5.91 Å². The molecule has 0 radical (unpaired) electrons. The summed E-state index contributed by atoms with van der Waals surface area (Å²) < 4.78 is 10.3. The predicted molar refractivity (Wildman–Crippen MR) is 78.8 cm³/mol. The molecule has 1 fully saturated rings. The average Bonchev–Trinajstić information content (AvgIpc) is 2.38. The number of hydrogen-bond donors (Lipinski definition) is 2. The fourth-order valence-electron chi connectivity index (χ4n) is 1.84. The van der Waals surface area contributed by atoms with Gasteiger partial charge in [-0.05, 0) is 12.5 Å². The zero-order chi connectivity index (χ0) is 14.7. The molecule has 2 N–H and O–H groups in total. The number of halogens is 1. The lowest BCUT2D eigenvalue weighted by Gasteiger charge is -2.21. The van der Waals surface area contributed by atoms with E-state index in [0.717, 1.165) is 24.2 Å². The van der Waals surface area contributed by atoms with Crippen molar-refractivity contribution in [2.75, 3.05) is 32.6 Å². The molecular formula is C14H17ClN2O3. The third-order valence-corrected chi connectivity index (χ3v) is 3.58. The quantitative estimate of drug-likeness (QED) is 0.837. The molecule has 0 saturated carbocycles.